The maximum absolute atomic E-state index is 13.0. The molecule has 0 spiro atoms. The number of carbonyl (C=O) groups is 1. The van der Waals surface area contributed by atoms with E-state index in [9.17, 15) is 4.79 Å². The van der Waals surface area contributed by atoms with Crippen LogP contribution in [0.2, 0.25) is 0 Å². The fourth-order valence-electron chi connectivity index (χ4n) is 5.00. The Labute approximate surface area is 178 Å². The lowest BCUT2D eigenvalue weighted by Crippen LogP contribution is -2.49. The maximum atomic E-state index is 13.0. The minimum atomic E-state index is 0.0711. The molecule has 1 amide bonds. The highest BCUT2D eigenvalue weighted by Gasteiger charge is 2.47. The molecule has 2 aromatic rings. The van der Waals surface area contributed by atoms with E-state index >= 15 is 0 Å². The number of carbonyl (C=O) groups excluding carboxylic acids is 1. The second-order valence-corrected chi connectivity index (χ2v) is 8.30. The van der Waals surface area contributed by atoms with E-state index in [1.165, 1.54) is 16.7 Å². The Morgan fingerprint density at radius 3 is 2.57 bits per heavy atom. The van der Waals surface area contributed by atoms with Crippen LogP contribution in [0.4, 0.5) is 0 Å². The number of hydrogen-bond acceptors (Lipinski definition) is 5. The minimum Gasteiger partial charge on any atom is -0.496 e. The van der Waals surface area contributed by atoms with Crippen molar-refractivity contribution in [3.05, 3.63) is 52.7 Å². The van der Waals surface area contributed by atoms with Gasteiger partial charge in [0.05, 0.1) is 19.3 Å². The van der Waals surface area contributed by atoms with Crippen molar-refractivity contribution in [3.8, 4) is 11.6 Å². The monoisotopic (exact) mass is 409 g/mol. The highest BCUT2D eigenvalue weighted by atomic mass is 16.5. The van der Waals surface area contributed by atoms with Gasteiger partial charge in [-0.25, -0.2) is 4.98 Å². The molecule has 6 heteroatoms. The number of rotatable bonds is 6. The van der Waals surface area contributed by atoms with E-state index in [0.29, 0.717) is 30.1 Å². The Kier molecular flexibility index (Phi) is 5.69. The summed E-state index contributed by atoms with van der Waals surface area (Å²) < 4.78 is 10.8. The molecule has 160 valence electrons. The third-order valence-electron chi connectivity index (χ3n) is 6.77. The Morgan fingerprint density at radius 2 is 1.97 bits per heavy atom. The highest BCUT2D eigenvalue weighted by molar-refractivity contribution is 5.94. The molecule has 3 atom stereocenters. The van der Waals surface area contributed by atoms with E-state index in [2.05, 4.69) is 42.8 Å². The van der Waals surface area contributed by atoms with Gasteiger partial charge in [0.25, 0.3) is 5.91 Å². The van der Waals surface area contributed by atoms with Crippen molar-refractivity contribution < 1.29 is 14.3 Å². The van der Waals surface area contributed by atoms with Crippen molar-refractivity contribution in [2.75, 3.05) is 26.8 Å². The van der Waals surface area contributed by atoms with Crippen LogP contribution in [0.5, 0.6) is 11.6 Å². The largest absolute Gasteiger partial charge is 0.496 e. The van der Waals surface area contributed by atoms with Gasteiger partial charge in [0.15, 0.2) is 0 Å². The van der Waals surface area contributed by atoms with Crippen LogP contribution in [0.15, 0.2) is 30.5 Å². The molecule has 3 heterocycles. The molecular weight excluding hydrogens is 378 g/mol. The first-order valence-electron chi connectivity index (χ1n) is 10.7. The second-order valence-electron chi connectivity index (χ2n) is 8.30. The SMILES string of the molecule is CCOc1ccc(C(=O)N2C[C@@H]3C[C@H]2CN3[C@@H](C)c2ccc(OC)c(C)c2C)cn1. The van der Waals surface area contributed by atoms with Crippen LogP contribution in [-0.4, -0.2) is 59.6 Å². The molecule has 0 N–H and O–H groups in total. The number of ether oxygens (including phenoxy) is 2. The zero-order valence-corrected chi connectivity index (χ0v) is 18.5. The van der Waals surface area contributed by atoms with Crippen molar-refractivity contribution in [3.63, 3.8) is 0 Å². The first-order chi connectivity index (χ1) is 14.4. The zero-order valence-electron chi connectivity index (χ0n) is 18.5. The fraction of sp³-hybridized carbons (Fsp3) is 0.500. The van der Waals surface area contributed by atoms with Crippen molar-refractivity contribution in [1.82, 2.24) is 14.8 Å². The van der Waals surface area contributed by atoms with Gasteiger partial charge in [-0.3, -0.25) is 9.69 Å². The average Bonchev–Trinajstić information content (AvgIpc) is 3.36. The molecule has 0 aliphatic carbocycles. The number of fused-ring (bicyclic) bond motifs is 2. The highest BCUT2D eigenvalue weighted by Crippen LogP contribution is 2.39. The normalized spacial score (nSPS) is 21.7. The third kappa shape index (κ3) is 3.54. The summed E-state index contributed by atoms with van der Waals surface area (Å²) in [5, 5.41) is 0. The second kappa shape index (κ2) is 8.26. The molecule has 0 radical (unpaired) electrons. The minimum absolute atomic E-state index is 0.0711. The molecule has 2 aliphatic heterocycles. The van der Waals surface area contributed by atoms with E-state index in [0.717, 1.165) is 25.3 Å². The molecule has 0 saturated carbocycles. The molecule has 1 aromatic carbocycles. The summed E-state index contributed by atoms with van der Waals surface area (Å²) in [6.45, 7) is 10.7. The van der Waals surface area contributed by atoms with Gasteiger partial charge >= 0.3 is 0 Å². The number of methoxy groups -OCH3 is 1. The number of benzene rings is 1. The van der Waals surface area contributed by atoms with Gasteiger partial charge in [-0.1, -0.05) is 6.07 Å². The van der Waals surface area contributed by atoms with Crippen LogP contribution in [0.25, 0.3) is 0 Å². The fourth-order valence-corrected chi connectivity index (χ4v) is 5.00. The molecule has 2 fully saturated rings. The molecule has 2 saturated heterocycles. The third-order valence-corrected chi connectivity index (χ3v) is 6.77. The van der Waals surface area contributed by atoms with Crippen molar-refractivity contribution in [2.45, 2.75) is 52.2 Å². The predicted molar refractivity (Wildman–Crippen MR) is 116 cm³/mol. The lowest BCUT2D eigenvalue weighted by Gasteiger charge is -2.38. The quantitative estimate of drug-likeness (QED) is 0.727. The van der Waals surface area contributed by atoms with E-state index < -0.39 is 0 Å². The number of likely N-dealkylation sites (tertiary alicyclic amines) is 2. The Morgan fingerprint density at radius 1 is 1.17 bits per heavy atom. The number of hydrogen-bond donors (Lipinski definition) is 0. The van der Waals surface area contributed by atoms with Gasteiger partial charge in [0.1, 0.15) is 5.75 Å². The van der Waals surface area contributed by atoms with Gasteiger partial charge in [-0.2, -0.15) is 0 Å². The van der Waals surface area contributed by atoms with Crippen LogP contribution in [0, 0.1) is 13.8 Å². The molecule has 1 aromatic heterocycles. The summed E-state index contributed by atoms with van der Waals surface area (Å²) >= 11 is 0. The zero-order chi connectivity index (χ0) is 21.4. The van der Waals surface area contributed by atoms with Crippen LogP contribution in [0.1, 0.15) is 53.4 Å². The van der Waals surface area contributed by atoms with Gasteiger partial charge in [-0.15, -0.1) is 0 Å². The predicted octanol–water partition coefficient (Wildman–Crippen LogP) is 3.77. The summed E-state index contributed by atoms with van der Waals surface area (Å²) in [5.74, 6) is 1.57. The molecule has 6 nitrogen and oxygen atoms in total. The Balaban J connectivity index is 1.45. The maximum Gasteiger partial charge on any atom is 0.255 e. The van der Waals surface area contributed by atoms with Gasteiger partial charge < -0.3 is 14.4 Å². The molecule has 30 heavy (non-hydrogen) atoms. The molecule has 0 unspecified atom stereocenters. The lowest BCUT2D eigenvalue weighted by molar-refractivity contribution is 0.0568. The van der Waals surface area contributed by atoms with E-state index in [-0.39, 0.29) is 11.9 Å². The standard InChI is InChI=1S/C24H31N3O3/c1-6-30-23-10-7-18(12-25-23)24(28)27-14-19-11-20(27)13-26(19)17(4)21-8-9-22(29-5)16(3)15(21)2/h7-10,12,17,19-20H,6,11,13-14H2,1-5H3/t17-,19-,20-/m0/s1. The number of pyridine rings is 1. The summed E-state index contributed by atoms with van der Waals surface area (Å²) in [6, 6.07) is 8.81. The van der Waals surface area contributed by atoms with Crippen LogP contribution < -0.4 is 9.47 Å². The van der Waals surface area contributed by atoms with Crippen LogP contribution in [-0.2, 0) is 0 Å². The van der Waals surface area contributed by atoms with Crippen molar-refractivity contribution >= 4 is 5.91 Å². The van der Waals surface area contributed by atoms with Crippen LogP contribution >= 0.6 is 0 Å². The summed E-state index contributed by atoms with van der Waals surface area (Å²) in [7, 11) is 1.72. The van der Waals surface area contributed by atoms with E-state index in [4.69, 9.17) is 9.47 Å². The molecule has 2 bridgehead atoms. The molecule has 2 aliphatic rings. The van der Waals surface area contributed by atoms with Crippen molar-refractivity contribution in [2.24, 2.45) is 0 Å². The number of aromatic nitrogens is 1. The Hall–Kier alpha value is -2.60. The smallest absolute Gasteiger partial charge is 0.255 e. The Bertz CT molecular complexity index is 928. The first-order valence-corrected chi connectivity index (χ1v) is 10.7. The van der Waals surface area contributed by atoms with E-state index in [1.807, 2.05) is 17.9 Å². The molecular formula is C24H31N3O3. The number of piperazine rings is 1. The molecule has 4 rings (SSSR count). The van der Waals surface area contributed by atoms with Gasteiger partial charge in [-0.05, 0) is 62.9 Å². The van der Waals surface area contributed by atoms with E-state index in [1.54, 1.807) is 19.4 Å². The number of amides is 1. The first kappa shape index (κ1) is 20.7. The topological polar surface area (TPSA) is 54.9 Å². The average molecular weight is 410 g/mol. The number of nitrogens with zero attached hydrogens (tertiary/aromatic N) is 3. The van der Waals surface area contributed by atoms with Crippen LogP contribution in [0.3, 0.4) is 0 Å². The van der Waals surface area contributed by atoms with Gasteiger partial charge in [0, 0.05) is 43.5 Å². The van der Waals surface area contributed by atoms with Gasteiger partial charge in [0.2, 0.25) is 5.88 Å². The summed E-state index contributed by atoms with van der Waals surface area (Å²) in [4.78, 5) is 21.9. The van der Waals surface area contributed by atoms with Crippen molar-refractivity contribution in [1.29, 1.82) is 0 Å². The lowest BCUT2D eigenvalue weighted by atomic mass is 9.96. The summed E-state index contributed by atoms with van der Waals surface area (Å²) in [6.07, 6.45) is 2.66. The summed E-state index contributed by atoms with van der Waals surface area (Å²) in [5.41, 5.74) is 4.46.